The molecule has 270 valence electrons. The van der Waals surface area contributed by atoms with E-state index in [0.29, 0.717) is 44.4 Å². The summed E-state index contributed by atoms with van der Waals surface area (Å²) in [6.45, 7) is 2.43. The molecule has 4 saturated carbocycles. The second-order valence-corrected chi connectivity index (χ2v) is 16.1. The zero-order valence-corrected chi connectivity index (χ0v) is 29.9. The average molecular weight is 694 g/mol. The third-order valence-electron chi connectivity index (χ3n) is 12.8. The summed E-state index contributed by atoms with van der Waals surface area (Å²) in [6.07, 6.45) is 5.60. The maximum Gasteiger partial charge on any atom is 0.245 e. The monoisotopic (exact) mass is 693 g/mol. The minimum absolute atomic E-state index is 0.0118. The molecule has 10 heteroatoms. The fourth-order valence-electron chi connectivity index (χ4n) is 10.7. The number of hydrogen-bond acceptors (Lipinski definition) is 7. The van der Waals surface area contributed by atoms with Crippen molar-refractivity contribution >= 4 is 34.2 Å². The van der Waals surface area contributed by atoms with Crippen LogP contribution in [0.15, 0.2) is 66.7 Å². The Morgan fingerprint density at radius 3 is 2.33 bits per heavy atom. The number of nitrogens with one attached hydrogen (secondary N) is 2. The summed E-state index contributed by atoms with van der Waals surface area (Å²) in [4.78, 5) is 49.1. The van der Waals surface area contributed by atoms with Crippen LogP contribution in [0.25, 0.3) is 10.8 Å². The van der Waals surface area contributed by atoms with E-state index in [1.54, 1.807) is 12.0 Å². The minimum atomic E-state index is -0.821. The number of ether oxygens (including phenoxy) is 1. The van der Waals surface area contributed by atoms with E-state index in [1.807, 2.05) is 54.4 Å². The SMILES string of the molecule is CNC12CC3CC(C1)CC(C(=O)N1CC(O)CC1C(=O)NC(Cc1ccc4ccccc4c1)C(=O)N1CCN(c4ccccc4OC)CC1)(C3)C2. The van der Waals surface area contributed by atoms with Crippen molar-refractivity contribution in [3.8, 4) is 5.75 Å². The van der Waals surface area contributed by atoms with Gasteiger partial charge >= 0.3 is 0 Å². The van der Waals surface area contributed by atoms with E-state index >= 15 is 0 Å². The highest BCUT2D eigenvalue weighted by Gasteiger charge is 2.62. The summed E-state index contributed by atoms with van der Waals surface area (Å²) in [6, 6.07) is 20.5. The van der Waals surface area contributed by atoms with E-state index in [4.69, 9.17) is 4.74 Å². The molecule has 6 fully saturated rings. The third kappa shape index (κ3) is 6.35. The van der Waals surface area contributed by atoms with Crippen molar-refractivity contribution in [1.82, 2.24) is 20.4 Å². The maximum absolute atomic E-state index is 14.6. The van der Waals surface area contributed by atoms with Crippen molar-refractivity contribution in [2.45, 2.75) is 75.1 Å². The number of piperazine rings is 1. The first-order valence-corrected chi connectivity index (χ1v) is 18.8. The summed E-state index contributed by atoms with van der Waals surface area (Å²) in [5.74, 6) is 1.33. The normalized spacial score (nSPS) is 30.5. The molecule has 51 heavy (non-hydrogen) atoms. The molecule has 4 bridgehead atoms. The molecule has 3 aromatic carbocycles. The smallest absolute Gasteiger partial charge is 0.245 e. The van der Waals surface area contributed by atoms with Gasteiger partial charge in [0.15, 0.2) is 0 Å². The molecule has 6 aliphatic rings. The van der Waals surface area contributed by atoms with Crippen LogP contribution in [0.1, 0.15) is 50.5 Å². The Bertz CT molecular complexity index is 1790. The number of carbonyl (C=O) groups excluding carboxylic acids is 3. The molecule has 0 aromatic heterocycles. The fourth-order valence-corrected chi connectivity index (χ4v) is 10.7. The molecule has 10 nitrogen and oxygen atoms in total. The molecule has 2 aliphatic heterocycles. The lowest BCUT2D eigenvalue weighted by molar-refractivity contribution is -0.164. The second-order valence-electron chi connectivity index (χ2n) is 16.1. The van der Waals surface area contributed by atoms with Crippen molar-refractivity contribution in [3.05, 3.63) is 72.3 Å². The molecular formula is C41H51N5O5. The number of rotatable bonds is 9. The van der Waals surface area contributed by atoms with Crippen LogP contribution in [0.4, 0.5) is 5.69 Å². The molecular weight excluding hydrogens is 642 g/mol. The zero-order chi connectivity index (χ0) is 35.3. The number of carbonyl (C=O) groups is 3. The second kappa shape index (κ2) is 13.4. The van der Waals surface area contributed by atoms with Crippen LogP contribution in [-0.2, 0) is 20.8 Å². The average Bonchev–Trinajstić information content (AvgIpc) is 3.54. The van der Waals surface area contributed by atoms with Gasteiger partial charge in [-0.2, -0.15) is 0 Å². The van der Waals surface area contributed by atoms with E-state index in [-0.39, 0.29) is 36.2 Å². The first kappa shape index (κ1) is 34.0. The number of benzene rings is 3. The first-order chi connectivity index (χ1) is 24.7. The van der Waals surface area contributed by atoms with Crippen LogP contribution in [0.5, 0.6) is 5.75 Å². The van der Waals surface area contributed by atoms with Gasteiger partial charge in [-0.3, -0.25) is 14.4 Å². The fraction of sp³-hybridized carbons (Fsp3) is 0.537. The molecule has 0 radical (unpaired) electrons. The van der Waals surface area contributed by atoms with E-state index in [0.717, 1.165) is 59.9 Å². The van der Waals surface area contributed by atoms with E-state index in [2.05, 4.69) is 39.8 Å². The Hall–Kier alpha value is -4.15. The van der Waals surface area contributed by atoms with Gasteiger partial charge in [0.25, 0.3) is 0 Å². The summed E-state index contributed by atoms with van der Waals surface area (Å²) in [5.41, 5.74) is 1.42. The Morgan fingerprint density at radius 1 is 0.902 bits per heavy atom. The number of aliphatic hydroxyl groups is 1. The van der Waals surface area contributed by atoms with Gasteiger partial charge in [-0.05, 0) is 85.9 Å². The highest BCUT2D eigenvalue weighted by Crippen LogP contribution is 2.62. The number of amides is 3. The lowest BCUT2D eigenvalue weighted by Gasteiger charge is -2.62. The number of nitrogens with zero attached hydrogens (tertiary/aromatic N) is 3. The number of hydrogen-bond donors (Lipinski definition) is 3. The molecule has 3 amide bonds. The van der Waals surface area contributed by atoms with Gasteiger partial charge in [0.2, 0.25) is 17.7 Å². The predicted octanol–water partition coefficient (Wildman–Crippen LogP) is 3.74. The predicted molar refractivity (Wildman–Crippen MR) is 196 cm³/mol. The number of methoxy groups -OCH3 is 1. The highest BCUT2D eigenvalue weighted by molar-refractivity contribution is 5.94. The number of para-hydroxylation sites is 2. The van der Waals surface area contributed by atoms with Gasteiger partial charge in [0, 0.05) is 51.1 Å². The highest BCUT2D eigenvalue weighted by atomic mass is 16.5. The number of β-amino-alcohol motifs (C(OH)–C–C–N with tert-alkyl or cyclic N) is 1. The van der Waals surface area contributed by atoms with Crippen LogP contribution >= 0.6 is 0 Å². The van der Waals surface area contributed by atoms with Gasteiger partial charge in [-0.1, -0.05) is 54.6 Å². The van der Waals surface area contributed by atoms with Crippen molar-refractivity contribution in [2.24, 2.45) is 17.3 Å². The van der Waals surface area contributed by atoms with Gasteiger partial charge in [0.05, 0.1) is 24.3 Å². The summed E-state index contributed by atoms with van der Waals surface area (Å²) < 4.78 is 5.59. The Morgan fingerprint density at radius 2 is 1.61 bits per heavy atom. The van der Waals surface area contributed by atoms with Gasteiger partial charge < -0.3 is 35.2 Å². The Balaban J connectivity index is 1.02. The molecule has 9 rings (SSSR count). The van der Waals surface area contributed by atoms with Gasteiger partial charge in [0.1, 0.15) is 17.8 Å². The molecule has 3 N–H and O–H groups in total. The van der Waals surface area contributed by atoms with Crippen molar-refractivity contribution in [2.75, 3.05) is 51.8 Å². The van der Waals surface area contributed by atoms with E-state index in [1.165, 1.54) is 6.42 Å². The molecule has 2 heterocycles. The summed E-state index contributed by atoms with van der Waals surface area (Å²) >= 11 is 0. The molecule has 2 saturated heterocycles. The maximum atomic E-state index is 14.6. The van der Waals surface area contributed by atoms with Crippen LogP contribution < -0.4 is 20.3 Å². The Kier molecular flexibility index (Phi) is 8.95. The summed E-state index contributed by atoms with van der Waals surface area (Å²) in [5, 5.41) is 19.8. The molecule has 4 aliphatic carbocycles. The van der Waals surface area contributed by atoms with Crippen LogP contribution in [0.2, 0.25) is 0 Å². The molecule has 5 unspecified atom stereocenters. The quantitative estimate of drug-likeness (QED) is 0.313. The Labute approximate surface area is 300 Å². The number of fused-ring (bicyclic) bond motifs is 1. The first-order valence-electron chi connectivity index (χ1n) is 18.8. The minimum Gasteiger partial charge on any atom is -0.495 e. The topological polar surface area (TPSA) is 114 Å². The standard InChI is InChI=1S/C41H51N5O5/c1-42-41-23-28-17-29(24-41)22-40(21-28,26-41)39(50)46-25-32(47)20-35(46)37(48)43-33(19-27-11-12-30-7-3-4-8-31(30)18-27)38(49)45-15-13-44(14-16-45)34-9-5-6-10-36(34)51-2/h3-12,18,28-29,32-33,35,42,47H,13-17,19-26H2,1-2H3,(H,43,48). The lowest BCUT2D eigenvalue weighted by atomic mass is 9.46. The number of likely N-dealkylation sites (tertiary alicyclic amines) is 1. The summed E-state index contributed by atoms with van der Waals surface area (Å²) in [7, 11) is 3.69. The molecule has 3 aromatic rings. The molecule has 0 spiro atoms. The molecule has 5 atom stereocenters. The van der Waals surface area contributed by atoms with Gasteiger partial charge in [-0.15, -0.1) is 0 Å². The van der Waals surface area contributed by atoms with E-state index in [9.17, 15) is 19.5 Å². The number of aliphatic hydroxyl groups excluding tert-OH is 1. The van der Waals surface area contributed by atoms with Crippen LogP contribution in [0.3, 0.4) is 0 Å². The zero-order valence-electron chi connectivity index (χ0n) is 29.9. The van der Waals surface area contributed by atoms with Crippen molar-refractivity contribution < 1.29 is 24.2 Å². The van der Waals surface area contributed by atoms with Crippen molar-refractivity contribution in [1.29, 1.82) is 0 Å². The van der Waals surface area contributed by atoms with Crippen molar-refractivity contribution in [3.63, 3.8) is 0 Å². The largest absolute Gasteiger partial charge is 0.495 e. The third-order valence-corrected chi connectivity index (χ3v) is 12.8. The van der Waals surface area contributed by atoms with Crippen LogP contribution in [-0.4, -0.2) is 103 Å². The van der Waals surface area contributed by atoms with E-state index < -0.39 is 23.6 Å². The van der Waals surface area contributed by atoms with Gasteiger partial charge in [-0.25, -0.2) is 0 Å². The number of anilines is 1. The lowest BCUT2D eigenvalue weighted by Crippen LogP contribution is -2.65. The van der Waals surface area contributed by atoms with Crippen LogP contribution in [0, 0.1) is 17.3 Å².